The Balaban J connectivity index is 1.92. The molecule has 0 saturated heterocycles. The highest BCUT2D eigenvalue weighted by Gasteiger charge is 2.30. The van der Waals surface area contributed by atoms with Gasteiger partial charge in [0.15, 0.2) is 0 Å². The highest BCUT2D eigenvalue weighted by Crippen LogP contribution is 2.35. The average Bonchev–Trinajstić information content (AvgIpc) is 2.69. The summed E-state index contributed by atoms with van der Waals surface area (Å²) in [6, 6.07) is 8.25. The maximum atomic E-state index is 12.8. The van der Waals surface area contributed by atoms with Gasteiger partial charge < -0.3 is 15.7 Å². The summed E-state index contributed by atoms with van der Waals surface area (Å²) in [6.45, 7) is 0.472. The Morgan fingerprint density at radius 3 is 2.45 bits per heavy atom. The summed E-state index contributed by atoms with van der Waals surface area (Å²) in [7, 11) is 0. The quantitative estimate of drug-likeness (QED) is 0.476. The van der Waals surface area contributed by atoms with Crippen molar-refractivity contribution in [2.24, 2.45) is 0 Å². The van der Waals surface area contributed by atoms with E-state index in [-0.39, 0.29) is 17.3 Å². The lowest BCUT2D eigenvalue weighted by atomic mass is 10.2. The van der Waals surface area contributed by atoms with Crippen LogP contribution >= 0.6 is 11.6 Å². The van der Waals surface area contributed by atoms with Crippen molar-refractivity contribution in [2.45, 2.75) is 12.6 Å². The largest absolute Gasteiger partial charge is 0.416 e. The molecule has 3 aromatic rings. The third-order valence-corrected chi connectivity index (χ3v) is 4.19. The number of aromatic nitrogens is 3. The van der Waals surface area contributed by atoms with Gasteiger partial charge in [0.2, 0.25) is 5.95 Å². The first kappa shape index (κ1) is 20.8. The van der Waals surface area contributed by atoms with E-state index in [2.05, 4.69) is 25.6 Å². The summed E-state index contributed by atoms with van der Waals surface area (Å²) in [5.74, 6) is 0.651. The third kappa shape index (κ3) is 5.55. The maximum absolute atomic E-state index is 12.8. The molecule has 0 radical (unpaired) electrons. The van der Waals surface area contributed by atoms with Crippen LogP contribution in [0.1, 0.15) is 12.0 Å². The normalized spacial score (nSPS) is 11.3. The van der Waals surface area contributed by atoms with Crippen molar-refractivity contribution in [2.75, 3.05) is 23.8 Å². The van der Waals surface area contributed by atoms with Crippen LogP contribution in [0.2, 0.25) is 5.02 Å². The number of benzene rings is 1. The lowest BCUT2D eigenvalue weighted by Gasteiger charge is -2.13. The first-order valence-electron chi connectivity index (χ1n) is 8.65. The van der Waals surface area contributed by atoms with E-state index in [0.29, 0.717) is 30.4 Å². The molecular weight excluding hydrogens is 407 g/mol. The van der Waals surface area contributed by atoms with Crippen LogP contribution in [0.15, 0.2) is 48.8 Å². The second-order valence-corrected chi connectivity index (χ2v) is 6.43. The number of alkyl halides is 3. The van der Waals surface area contributed by atoms with Gasteiger partial charge in [-0.2, -0.15) is 18.2 Å². The molecule has 0 aliphatic rings. The van der Waals surface area contributed by atoms with E-state index in [0.717, 1.165) is 17.7 Å². The number of aliphatic hydroxyl groups excluding tert-OH is 1. The number of pyridine rings is 1. The molecule has 6 nitrogen and oxygen atoms in total. The molecule has 3 rings (SSSR count). The fraction of sp³-hybridized carbons (Fsp3) is 0.211. The Hall–Kier alpha value is -2.91. The lowest BCUT2D eigenvalue weighted by Crippen LogP contribution is -2.09. The molecule has 0 spiro atoms. The minimum atomic E-state index is -4.48. The van der Waals surface area contributed by atoms with Crippen molar-refractivity contribution in [1.82, 2.24) is 15.0 Å². The Kier molecular flexibility index (Phi) is 6.50. The summed E-state index contributed by atoms with van der Waals surface area (Å²) in [4.78, 5) is 12.7. The van der Waals surface area contributed by atoms with E-state index < -0.39 is 11.7 Å². The Morgan fingerprint density at radius 1 is 1.03 bits per heavy atom. The minimum absolute atomic E-state index is 0.0172. The second-order valence-electron chi connectivity index (χ2n) is 6.02. The van der Waals surface area contributed by atoms with Gasteiger partial charge in [-0.05, 0) is 36.8 Å². The predicted molar refractivity (Wildman–Crippen MR) is 105 cm³/mol. The van der Waals surface area contributed by atoms with Gasteiger partial charge in [0.25, 0.3) is 0 Å². The van der Waals surface area contributed by atoms with Crippen molar-refractivity contribution in [3.05, 3.63) is 59.4 Å². The van der Waals surface area contributed by atoms with Crippen LogP contribution in [0.25, 0.3) is 11.3 Å². The summed E-state index contributed by atoms with van der Waals surface area (Å²) >= 11 is 6.03. The van der Waals surface area contributed by atoms with Crippen molar-refractivity contribution in [3.63, 3.8) is 0 Å². The van der Waals surface area contributed by atoms with E-state index >= 15 is 0 Å². The van der Waals surface area contributed by atoms with E-state index in [1.54, 1.807) is 30.6 Å². The van der Waals surface area contributed by atoms with Gasteiger partial charge in [-0.15, -0.1) is 0 Å². The third-order valence-electron chi connectivity index (χ3n) is 3.88. The van der Waals surface area contributed by atoms with Gasteiger partial charge in [-0.1, -0.05) is 11.6 Å². The molecule has 0 saturated carbocycles. The van der Waals surface area contributed by atoms with Crippen LogP contribution in [-0.4, -0.2) is 33.2 Å². The molecule has 2 aromatic heterocycles. The van der Waals surface area contributed by atoms with Gasteiger partial charge in [-0.25, -0.2) is 4.98 Å². The predicted octanol–water partition coefficient (Wildman–Crippen LogP) is 4.75. The Bertz CT molecular complexity index is 970. The molecule has 0 bridgehead atoms. The van der Waals surface area contributed by atoms with Crippen molar-refractivity contribution in [1.29, 1.82) is 0 Å². The first-order chi connectivity index (χ1) is 13.9. The molecule has 0 aliphatic carbocycles. The number of hydrogen-bond acceptors (Lipinski definition) is 6. The van der Waals surface area contributed by atoms with Crippen LogP contribution in [0.4, 0.5) is 30.6 Å². The van der Waals surface area contributed by atoms with Crippen molar-refractivity contribution >= 4 is 29.1 Å². The van der Waals surface area contributed by atoms with E-state index in [1.165, 1.54) is 6.07 Å². The highest BCUT2D eigenvalue weighted by atomic mass is 35.5. The molecular formula is C19H17ClF3N5O. The molecule has 0 unspecified atom stereocenters. The number of aliphatic hydroxyl groups is 1. The van der Waals surface area contributed by atoms with E-state index in [9.17, 15) is 13.2 Å². The fourth-order valence-electron chi connectivity index (χ4n) is 2.47. The highest BCUT2D eigenvalue weighted by molar-refractivity contribution is 6.33. The van der Waals surface area contributed by atoms with Crippen LogP contribution in [0.3, 0.4) is 0 Å². The zero-order valence-electron chi connectivity index (χ0n) is 15.0. The first-order valence-corrected chi connectivity index (χ1v) is 9.02. The molecule has 3 N–H and O–H groups in total. The average molecular weight is 424 g/mol. The molecule has 10 heteroatoms. The molecule has 152 valence electrons. The van der Waals surface area contributed by atoms with Gasteiger partial charge >= 0.3 is 6.18 Å². The van der Waals surface area contributed by atoms with Gasteiger partial charge in [0.1, 0.15) is 5.82 Å². The number of nitrogens with one attached hydrogen (secondary N) is 2. The molecule has 0 aliphatic heterocycles. The number of halogens is 4. The van der Waals surface area contributed by atoms with Crippen molar-refractivity contribution < 1.29 is 18.3 Å². The number of anilines is 3. The number of rotatable bonds is 7. The molecule has 0 amide bonds. The van der Waals surface area contributed by atoms with Crippen LogP contribution in [0, 0.1) is 0 Å². The number of hydrogen-bond donors (Lipinski definition) is 3. The Morgan fingerprint density at radius 2 is 1.79 bits per heavy atom. The van der Waals surface area contributed by atoms with E-state index in [4.69, 9.17) is 16.7 Å². The second kappa shape index (κ2) is 9.06. The molecule has 0 atom stereocenters. The van der Waals surface area contributed by atoms with Crippen molar-refractivity contribution in [3.8, 4) is 11.3 Å². The van der Waals surface area contributed by atoms with Gasteiger partial charge in [0, 0.05) is 37.2 Å². The summed E-state index contributed by atoms with van der Waals surface area (Å²) in [5.41, 5.74) is 0.813. The summed E-state index contributed by atoms with van der Waals surface area (Å²) in [6.07, 6.45) is -0.724. The van der Waals surface area contributed by atoms with Gasteiger partial charge in [0.05, 0.1) is 22.0 Å². The minimum Gasteiger partial charge on any atom is -0.396 e. The molecule has 1 aromatic carbocycles. The zero-order valence-corrected chi connectivity index (χ0v) is 15.8. The monoisotopic (exact) mass is 423 g/mol. The molecule has 0 fully saturated rings. The zero-order chi connectivity index (χ0) is 20.9. The summed E-state index contributed by atoms with van der Waals surface area (Å²) < 4.78 is 38.5. The smallest absolute Gasteiger partial charge is 0.396 e. The Labute approximate surface area is 169 Å². The topological polar surface area (TPSA) is 83.0 Å². The van der Waals surface area contributed by atoms with Crippen LogP contribution < -0.4 is 10.6 Å². The van der Waals surface area contributed by atoms with E-state index in [1.807, 2.05) is 0 Å². The van der Waals surface area contributed by atoms with Crippen LogP contribution in [0.5, 0.6) is 0 Å². The lowest BCUT2D eigenvalue weighted by molar-refractivity contribution is -0.137. The fourth-order valence-corrected chi connectivity index (χ4v) is 2.70. The maximum Gasteiger partial charge on any atom is 0.416 e. The summed E-state index contributed by atoms with van der Waals surface area (Å²) in [5, 5.41) is 14.8. The standard InChI is InChI=1S/C19H17ClF3N5O/c20-14-10-13(19(21,22)23)2-3-15(14)26-17-11-16(12-4-7-24-8-5-12)27-18(28-17)25-6-1-9-29/h2-5,7-8,10-11,29H,1,6,9H2,(H2,25,26,27,28). The molecule has 29 heavy (non-hydrogen) atoms. The molecule has 2 heterocycles. The SMILES string of the molecule is OCCCNc1nc(Nc2ccc(C(F)(F)F)cc2Cl)cc(-c2ccncc2)n1. The van der Waals surface area contributed by atoms with Gasteiger partial charge in [-0.3, -0.25) is 4.98 Å². The number of nitrogens with zero attached hydrogens (tertiary/aromatic N) is 3. The van der Waals surface area contributed by atoms with Crippen LogP contribution in [-0.2, 0) is 6.18 Å².